The monoisotopic (exact) mass is 291 g/mol. The van der Waals surface area contributed by atoms with Gasteiger partial charge in [0.2, 0.25) is 0 Å². The molecule has 1 fully saturated rings. The molecule has 0 aromatic heterocycles. The van der Waals surface area contributed by atoms with Crippen LogP contribution in [0.3, 0.4) is 0 Å². The number of halogens is 1. The minimum absolute atomic E-state index is 0.344. The van der Waals surface area contributed by atoms with E-state index in [1.807, 2.05) is 0 Å². The molecular formula is C13H26BrNO. The van der Waals surface area contributed by atoms with E-state index in [0.717, 1.165) is 29.6 Å². The molecule has 0 aromatic rings. The first kappa shape index (κ1) is 14.5. The molecule has 0 aromatic carbocycles. The van der Waals surface area contributed by atoms with Crippen molar-refractivity contribution in [1.82, 2.24) is 4.90 Å². The van der Waals surface area contributed by atoms with Crippen LogP contribution in [-0.2, 0) is 0 Å². The molecule has 1 N–H and O–H groups in total. The molecule has 2 atom stereocenters. The fourth-order valence-electron chi connectivity index (χ4n) is 2.53. The summed E-state index contributed by atoms with van der Waals surface area (Å²) < 4.78 is 0. The summed E-state index contributed by atoms with van der Waals surface area (Å²) in [5.41, 5.74) is 0. The van der Waals surface area contributed by atoms with E-state index < -0.39 is 0 Å². The Balaban J connectivity index is 2.38. The zero-order chi connectivity index (χ0) is 12.0. The maximum atomic E-state index is 8.90. The highest BCUT2D eigenvalue weighted by Crippen LogP contribution is 2.25. The third kappa shape index (κ3) is 4.34. The molecule has 1 saturated heterocycles. The normalized spacial score (nSPS) is 24.2. The van der Waals surface area contributed by atoms with E-state index in [1.165, 1.54) is 32.4 Å². The predicted molar refractivity (Wildman–Crippen MR) is 73.0 cm³/mol. The lowest BCUT2D eigenvalue weighted by molar-refractivity contribution is 0.180. The molecule has 0 amide bonds. The minimum Gasteiger partial charge on any atom is -0.396 e. The standard InChI is InChI=1S/C13H26BrNO/c1-11(2)12(9-14)10-15-7-3-5-13(15)6-4-8-16/h11-13,16H,3-10H2,1-2H3. The fraction of sp³-hybridized carbons (Fsp3) is 1.00. The molecule has 1 rings (SSSR count). The van der Waals surface area contributed by atoms with Crippen molar-refractivity contribution in [3.8, 4) is 0 Å². The minimum atomic E-state index is 0.344. The Kier molecular flexibility index (Phi) is 6.94. The lowest BCUT2D eigenvalue weighted by Crippen LogP contribution is -2.36. The van der Waals surface area contributed by atoms with Gasteiger partial charge in [0.15, 0.2) is 0 Å². The van der Waals surface area contributed by atoms with E-state index in [-0.39, 0.29) is 0 Å². The van der Waals surface area contributed by atoms with Crippen molar-refractivity contribution in [2.45, 2.75) is 45.6 Å². The molecule has 2 nitrogen and oxygen atoms in total. The van der Waals surface area contributed by atoms with Crippen molar-refractivity contribution in [2.24, 2.45) is 11.8 Å². The third-order valence-electron chi connectivity index (χ3n) is 3.80. The van der Waals surface area contributed by atoms with Crippen LogP contribution in [0.1, 0.15) is 39.5 Å². The van der Waals surface area contributed by atoms with E-state index in [4.69, 9.17) is 5.11 Å². The van der Waals surface area contributed by atoms with Crippen LogP contribution in [0.25, 0.3) is 0 Å². The van der Waals surface area contributed by atoms with Crippen LogP contribution >= 0.6 is 15.9 Å². The lowest BCUT2D eigenvalue weighted by Gasteiger charge is -2.30. The van der Waals surface area contributed by atoms with Crippen molar-refractivity contribution in [2.75, 3.05) is 25.0 Å². The highest BCUT2D eigenvalue weighted by atomic mass is 79.9. The van der Waals surface area contributed by atoms with Crippen LogP contribution in [0.15, 0.2) is 0 Å². The average Bonchev–Trinajstić information content (AvgIpc) is 2.69. The van der Waals surface area contributed by atoms with Crippen LogP contribution in [0.4, 0.5) is 0 Å². The summed E-state index contributed by atoms with van der Waals surface area (Å²) in [6.07, 6.45) is 4.79. The Morgan fingerprint density at radius 3 is 2.75 bits per heavy atom. The number of aliphatic hydroxyl groups is 1. The van der Waals surface area contributed by atoms with E-state index in [1.54, 1.807) is 0 Å². The maximum absolute atomic E-state index is 8.90. The Morgan fingerprint density at radius 2 is 2.19 bits per heavy atom. The summed E-state index contributed by atoms with van der Waals surface area (Å²) in [7, 11) is 0. The summed E-state index contributed by atoms with van der Waals surface area (Å²) in [4.78, 5) is 2.64. The zero-order valence-electron chi connectivity index (χ0n) is 10.7. The molecule has 2 unspecified atom stereocenters. The van der Waals surface area contributed by atoms with Gasteiger partial charge in [0.1, 0.15) is 0 Å². The second kappa shape index (κ2) is 7.67. The van der Waals surface area contributed by atoms with Crippen LogP contribution < -0.4 is 0 Å². The smallest absolute Gasteiger partial charge is 0.0431 e. The molecule has 96 valence electrons. The number of hydrogen-bond acceptors (Lipinski definition) is 2. The van der Waals surface area contributed by atoms with Gasteiger partial charge in [-0.3, -0.25) is 0 Å². The summed E-state index contributed by atoms with van der Waals surface area (Å²) in [5.74, 6) is 1.51. The predicted octanol–water partition coefficient (Wildman–Crippen LogP) is 2.89. The topological polar surface area (TPSA) is 23.5 Å². The second-order valence-corrected chi connectivity index (χ2v) is 5.96. The second-order valence-electron chi connectivity index (χ2n) is 5.32. The number of alkyl halides is 1. The van der Waals surface area contributed by atoms with Crippen LogP contribution in [0.2, 0.25) is 0 Å². The largest absolute Gasteiger partial charge is 0.396 e. The van der Waals surface area contributed by atoms with Gasteiger partial charge in [0.25, 0.3) is 0 Å². The molecule has 0 bridgehead atoms. The van der Waals surface area contributed by atoms with Gasteiger partial charge in [-0.25, -0.2) is 0 Å². The number of aliphatic hydroxyl groups excluding tert-OH is 1. The lowest BCUT2D eigenvalue weighted by atomic mass is 9.97. The molecule has 1 heterocycles. The Morgan fingerprint density at radius 1 is 1.44 bits per heavy atom. The Labute approximate surface area is 109 Å². The van der Waals surface area contributed by atoms with Gasteiger partial charge in [-0.1, -0.05) is 29.8 Å². The Hall–Kier alpha value is 0.400. The van der Waals surface area contributed by atoms with Crippen LogP contribution in [0.5, 0.6) is 0 Å². The quantitative estimate of drug-likeness (QED) is 0.729. The van der Waals surface area contributed by atoms with E-state index in [9.17, 15) is 0 Å². The van der Waals surface area contributed by atoms with E-state index >= 15 is 0 Å². The molecule has 3 heteroatoms. The zero-order valence-corrected chi connectivity index (χ0v) is 12.2. The van der Waals surface area contributed by atoms with Crippen LogP contribution in [-0.4, -0.2) is 41.1 Å². The molecular weight excluding hydrogens is 266 g/mol. The van der Waals surface area contributed by atoms with Crippen molar-refractivity contribution < 1.29 is 5.11 Å². The Bertz CT molecular complexity index is 187. The molecule has 16 heavy (non-hydrogen) atoms. The third-order valence-corrected chi connectivity index (χ3v) is 4.64. The highest BCUT2D eigenvalue weighted by Gasteiger charge is 2.26. The maximum Gasteiger partial charge on any atom is 0.0431 e. The highest BCUT2D eigenvalue weighted by molar-refractivity contribution is 9.09. The van der Waals surface area contributed by atoms with Crippen molar-refractivity contribution in [3.63, 3.8) is 0 Å². The first-order valence-electron chi connectivity index (χ1n) is 6.60. The summed E-state index contributed by atoms with van der Waals surface area (Å²) in [6, 6.07) is 0.729. The molecule has 0 spiro atoms. The van der Waals surface area contributed by atoms with E-state index in [2.05, 4.69) is 34.7 Å². The fourth-order valence-corrected chi connectivity index (χ4v) is 3.48. The SMILES string of the molecule is CC(C)C(CBr)CN1CCCC1CCCO. The van der Waals surface area contributed by atoms with Gasteiger partial charge < -0.3 is 10.0 Å². The van der Waals surface area contributed by atoms with Crippen molar-refractivity contribution >= 4 is 15.9 Å². The number of nitrogens with zero attached hydrogens (tertiary/aromatic N) is 1. The molecule has 1 aliphatic rings. The first-order valence-corrected chi connectivity index (χ1v) is 7.72. The number of hydrogen-bond donors (Lipinski definition) is 1. The molecule has 0 radical (unpaired) electrons. The summed E-state index contributed by atoms with van der Waals surface area (Å²) in [6.45, 7) is 7.44. The average molecular weight is 292 g/mol. The number of likely N-dealkylation sites (tertiary alicyclic amines) is 1. The van der Waals surface area contributed by atoms with Crippen molar-refractivity contribution in [3.05, 3.63) is 0 Å². The van der Waals surface area contributed by atoms with Gasteiger partial charge in [0.05, 0.1) is 0 Å². The first-order chi connectivity index (χ1) is 7.69. The van der Waals surface area contributed by atoms with Gasteiger partial charge in [-0.05, 0) is 44.1 Å². The van der Waals surface area contributed by atoms with Gasteiger partial charge in [-0.2, -0.15) is 0 Å². The van der Waals surface area contributed by atoms with Crippen LogP contribution in [0, 0.1) is 11.8 Å². The summed E-state index contributed by atoms with van der Waals surface area (Å²) in [5, 5.41) is 10.0. The molecule has 0 aliphatic carbocycles. The number of rotatable bonds is 7. The molecule has 0 saturated carbocycles. The summed E-state index contributed by atoms with van der Waals surface area (Å²) >= 11 is 3.63. The van der Waals surface area contributed by atoms with Gasteiger partial charge in [-0.15, -0.1) is 0 Å². The van der Waals surface area contributed by atoms with E-state index in [0.29, 0.717) is 6.61 Å². The molecule has 1 aliphatic heterocycles. The van der Waals surface area contributed by atoms with Crippen molar-refractivity contribution in [1.29, 1.82) is 0 Å². The van der Waals surface area contributed by atoms with Gasteiger partial charge >= 0.3 is 0 Å². The van der Waals surface area contributed by atoms with Gasteiger partial charge in [0, 0.05) is 24.5 Å².